The Balaban J connectivity index is 1.36. The van der Waals surface area contributed by atoms with E-state index in [1.807, 2.05) is 30.3 Å². The van der Waals surface area contributed by atoms with Crippen LogP contribution in [0.3, 0.4) is 0 Å². The summed E-state index contributed by atoms with van der Waals surface area (Å²) in [6.45, 7) is 0. The van der Waals surface area contributed by atoms with Crippen molar-refractivity contribution in [3.63, 3.8) is 0 Å². The fourth-order valence-corrected chi connectivity index (χ4v) is 4.64. The highest BCUT2D eigenvalue weighted by molar-refractivity contribution is 7.21. The number of anilines is 2. The first-order valence-corrected chi connectivity index (χ1v) is 10.8. The molecular formula is C24H19N3O3S. The first-order valence-electron chi connectivity index (χ1n) is 9.98. The standard InChI is InChI=1S/C24H19N3O3S/c25-21-18-13-17-19(7-4-8-20(17)28)27-24(18)31-22(21)23(29)26-14-9-11-16(12-10-14)30-15-5-2-1-3-6-15/h1-3,5-6,9-13H,4,7-8,25H2,(H,26,29). The van der Waals surface area contributed by atoms with Gasteiger partial charge in [-0.25, -0.2) is 4.98 Å². The van der Waals surface area contributed by atoms with Gasteiger partial charge in [-0.2, -0.15) is 0 Å². The van der Waals surface area contributed by atoms with Gasteiger partial charge in [0.2, 0.25) is 0 Å². The van der Waals surface area contributed by atoms with Crippen LogP contribution in [0.25, 0.3) is 10.2 Å². The number of hydrogen-bond acceptors (Lipinski definition) is 6. The van der Waals surface area contributed by atoms with Crippen molar-refractivity contribution in [2.45, 2.75) is 19.3 Å². The third kappa shape index (κ3) is 3.75. The minimum absolute atomic E-state index is 0.0880. The Labute approximate surface area is 182 Å². The van der Waals surface area contributed by atoms with Gasteiger partial charge < -0.3 is 15.8 Å². The van der Waals surface area contributed by atoms with Crippen molar-refractivity contribution >= 4 is 44.6 Å². The third-order valence-corrected chi connectivity index (χ3v) is 6.33. The van der Waals surface area contributed by atoms with Gasteiger partial charge in [-0.1, -0.05) is 18.2 Å². The molecule has 3 N–H and O–H groups in total. The molecule has 4 aromatic rings. The molecule has 1 aliphatic rings. The van der Waals surface area contributed by atoms with E-state index in [4.69, 9.17) is 10.5 Å². The van der Waals surface area contributed by atoms with E-state index < -0.39 is 0 Å². The van der Waals surface area contributed by atoms with E-state index in [1.165, 1.54) is 11.3 Å². The van der Waals surface area contributed by atoms with Crippen molar-refractivity contribution in [2.75, 3.05) is 11.1 Å². The van der Waals surface area contributed by atoms with E-state index in [9.17, 15) is 9.59 Å². The number of fused-ring (bicyclic) bond motifs is 2. The van der Waals surface area contributed by atoms with E-state index in [0.717, 1.165) is 24.3 Å². The van der Waals surface area contributed by atoms with Crippen molar-refractivity contribution < 1.29 is 14.3 Å². The zero-order valence-electron chi connectivity index (χ0n) is 16.6. The quantitative estimate of drug-likeness (QED) is 0.450. The molecular weight excluding hydrogens is 410 g/mol. The Morgan fingerprint density at radius 1 is 1.03 bits per heavy atom. The number of nitrogens with zero attached hydrogens (tertiary/aromatic N) is 1. The molecule has 0 unspecified atom stereocenters. The molecule has 0 saturated carbocycles. The molecule has 0 saturated heterocycles. The number of ether oxygens (including phenoxy) is 1. The van der Waals surface area contributed by atoms with Gasteiger partial charge in [0.15, 0.2) is 5.78 Å². The number of para-hydroxylation sites is 1. The number of amides is 1. The van der Waals surface area contributed by atoms with Crippen molar-refractivity contribution in [1.82, 2.24) is 4.98 Å². The van der Waals surface area contributed by atoms with Gasteiger partial charge in [0.05, 0.1) is 11.4 Å². The zero-order valence-corrected chi connectivity index (χ0v) is 17.4. The normalized spacial score (nSPS) is 13.1. The predicted octanol–water partition coefficient (Wildman–Crippen LogP) is 5.44. The number of ketones is 1. The lowest BCUT2D eigenvalue weighted by Crippen LogP contribution is -2.12. The Hall–Kier alpha value is -3.71. The van der Waals surface area contributed by atoms with Gasteiger partial charge in [-0.15, -0.1) is 11.3 Å². The van der Waals surface area contributed by atoms with Crippen LogP contribution in [0.15, 0.2) is 60.7 Å². The lowest BCUT2D eigenvalue weighted by molar-refractivity contribution is 0.0970. The summed E-state index contributed by atoms with van der Waals surface area (Å²) in [5.74, 6) is 1.20. The molecule has 1 aliphatic carbocycles. The zero-order chi connectivity index (χ0) is 21.4. The number of aryl methyl sites for hydroxylation is 1. The Morgan fingerprint density at radius 2 is 1.77 bits per heavy atom. The summed E-state index contributed by atoms with van der Waals surface area (Å²) in [6.07, 6.45) is 2.11. The van der Waals surface area contributed by atoms with E-state index in [1.54, 1.807) is 30.3 Å². The van der Waals surface area contributed by atoms with Crippen LogP contribution in [-0.4, -0.2) is 16.7 Å². The lowest BCUT2D eigenvalue weighted by Gasteiger charge is -2.13. The summed E-state index contributed by atoms with van der Waals surface area (Å²) in [5, 5.41) is 3.53. The van der Waals surface area contributed by atoms with Crippen LogP contribution in [-0.2, 0) is 6.42 Å². The van der Waals surface area contributed by atoms with Gasteiger partial charge in [-0.05, 0) is 55.3 Å². The minimum Gasteiger partial charge on any atom is -0.457 e. The number of nitrogen functional groups attached to an aromatic ring is 1. The maximum atomic E-state index is 12.9. The Morgan fingerprint density at radius 3 is 2.55 bits per heavy atom. The number of nitrogens with two attached hydrogens (primary N) is 1. The lowest BCUT2D eigenvalue weighted by atomic mass is 9.94. The number of aromatic nitrogens is 1. The average Bonchev–Trinajstić information content (AvgIpc) is 3.11. The van der Waals surface area contributed by atoms with Crippen LogP contribution in [0.5, 0.6) is 11.5 Å². The molecule has 7 heteroatoms. The fourth-order valence-electron chi connectivity index (χ4n) is 3.65. The maximum Gasteiger partial charge on any atom is 0.267 e. The summed E-state index contributed by atoms with van der Waals surface area (Å²) in [6, 6.07) is 18.4. The predicted molar refractivity (Wildman–Crippen MR) is 122 cm³/mol. The third-order valence-electron chi connectivity index (χ3n) is 5.22. The van der Waals surface area contributed by atoms with Crippen LogP contribution in [0.4, 0.5) is 11.4 Å². The first-order chi connectivity index (χ1) is 15.1. The second-order valence-electron chi connectivity index (χ2n) is 7.35. The average molecular weight is 430 g/mol. The van der Waals surface area contributed by atoms with Crippen molar-refractivity contribution in [3.8, 4) is 11.5 Å². The van der Waals surface area contributed by atoms with E-state index in [0.29, 0.717) is 44.2 Å². The number of thiophene rings is 1. The Bertz CT molecular complexity index is 1300. The number of carbonyl (C=O) groups is 2. The second-order valence-corrected chi connectivity index (χ2v) is 8.35. The smallest absolute Gasteiger partial charge is 0.267 e. The summed E-state index contributed by atoms with van der Waals surface area (Å²) in [4.78, 5) is 30.7. The van der Waals surface area contributed by atoms with Gasteiger partial charge in [0.25, 0.3) is 5.91 Å². The van der Waals surface area contributed by atoms with Crippen LogP contribution in [0.2, 0.25) is 0 Å². The topological polar surface area (TPSA) is 94.3 Å². The molecule has 2 aromatic carbocycles. The summed E-state index contributed by atoms with van der Waals surface area (Å²) < 4.78 is 5.77. The number of Topliss-reactive ketones (excluding diaryl/α,β-unsaturated/α-hetero) is 1. The van der Waals surface area contributed by atoms with Gasteiger partial charge in [0.1, 0.15) is 21.2 Å². The molecule has 0 aliphatic heterocycles. The van der Waals surface area contributed by atoms with Crippen LogP contribution >= 0.6 is 11.3 Å². The number of carbonyl (C=O) groups excluding carboxylic acids is 2. The molecule has 5 rings (SSSR count). The highest BCUT2D eigenvalue weighted by Crippen LogP contribution is 2.36. The van der Waals surface area contributed by atoms with Crippen LogP contribution in [0, 0.1) is 0 Å². The molecule has 2 aromatic heterocycles. The van der Waals surface area contributed by atoms with Crippen molar-refractivity contribution in [2.24, 2.45) is 0 Å². The maximum absolute atomic E-state index is 12.9. The Kier molecular flexibility index (Phi) is 4.88. The van der Waals surface area contributed by atoms with Crippen LogP contribution in [0.1, 0.15) is 38.6 Å². The molecule has 31 heavy (non-hydrogen) atoms. The molecule has 0 bridgehead atoms. The second kappa shape index (κ2) is 7.85. The highest BCUT2D eigenvalue weighted by Gasteiger charge is 2.23. The summed E-state index contributed by atoms with van der Waals surface area (Å²) in [7, 11) is 0. The number of hydrogen-bond donors (Lipinski definition) is 2. The molecule has 0 atom stereocenters. The number of pyridine rings is 1. The van der Waals surface area contributed by atoms with Crippen LogP contribution < -0.4 is 15.8 Å². The monoisotopic (exact) mass is 429 g/mol. The van der Waals surface area contributed by atoms with Crippen molar-refractivity contribution in [3.05, 3.63) is 76.8 Å². The SMILES string of the molecule is Nc1c(C(=O)Nc2ccc(Oc3ccccc3)cc2)sc2nc3c(cc12)C(=O)CCC3. The molecule has 2 heterocycles. The fraction of sp³-hybridized carbons (Fsp3) is 0.125. The van der Waals surface area contributed by atoms with Gasteiger partial charge in [0, 0.05) is 23.1 Å². The molecule has 1 amide bonds. The van der Waals surface area contributed by atoms with Crippen molar-refractivity contribution in [1.29, 1.82) is 0 Å². The highest BCUT2D eigenvalue weighted by atomic mass is 32.1. The minimum atomic E-state index is -0.304. The molecule has 0 fully saturated rings. The first kappa shape index (κ1) is 19.3. The summed E-state index contributed by atoms with van der Waals surface area (Å²) in [5.41, 5.74) is 8.67. The van der Waals surface area contributed by atoms with Gasteiger partial charge in [-0.3, -0.25) is 9.59 Å². The van der Waals surface area contributed by atoms with E-state index >= 15 is 0 Å². The molecule has 0 radical (unpaired) electrons. The number of rotatable bonds is 4. The molecule has 6 nitrogen and oxygen atoms in total. The van der Waals surface area contributed by atoms with E-state index in [2.05, 4.69) is 10.3 Å². The largest absolute Gasteiger partial charge is 0.457 e. The molecule has 154 valence electrons. The number of nitrogens with one attached hydrogen (secondary N) is 1. The summed E-state index contributed by atoms with van der Waals surface area (Å²) >= 11 is 1.25. The van der Waals surface area contributed by atoms with Gasteiger partial charge >= 0.3 is 0 Å². The molecule has 0 spiro atoms. The van der Waals surface area contributed by atoms with E-state index in [-0.39, 0.29) is 11.7 Å². The number of benzene rings is 2.